The average Bonchev–Trinajstić information content (AvgIpc) is 3.08. The van der Waals surface area contributed by atoms with Gasteiger partial charge in [0.05, 0.1) is 12.7 Å². The van der Waals surface area contributed by atoms with Crippen LogP contribution < -0.4 is 5.32 Å². The highest BCUT2D eigenvalue weighted by molar-refractivity contribution is 5.83. The Morgan fingerprint density at radius 2 is 2.29 bits per heavy atom. The van der Waals surface area contributed by atoms with Crippen molar-refractivity contribution in [2.75, 3.05) is 26.4 Å². The molecule has 4 nitrogen and oxygen atoms in total. The van der Waals surface area contributed by atoms with Crippen LogP contribution in [0.3, 0.4) is 0 Å². The van der Waals surface area contributed by atoms with Crippen molar-refractivity contribution in [2.45, 2.75) is 45.1 Å². The maximum absolute atomic E-state index is 11.9. The molecule has 0 aromatic carbocycles. The summed E-state index contributed by atoms with van der Waals surface area (Å²) in [4.78, 5) is 13.8. The second-order valence-electron chi connectivity index (χ2n) is 5.18. The molecule has 2 aliphatic rings. The lowest BCUT2D eigenvalue weighted by Crippen LogP contribution is -2.31. The molecular formula is C13H24N2O2. The maximum atomic E-state index is 11.9. The van der Waals surface area contributed by atoms with Crippen molar-refractivity contribution in [1.82, 2.24) is 10.2 Å². The first kappa shape index (κ1) is 12.8. The Bertz CT molecular complexity index is 254. The van der Waals surface area contributed by atoms with Gasteiger partial charge in [-0.1, -0.05) is 13.3 Å². The standard InChI is InChI=1S/C13H24N2O2/c1-2-4-12-13(16)15(10-14-12)7-3-8-17-9-11-5-6-11/h11-12,14H,2-10H2,1H3. The molecule has 17 heavy (non-hydrogen) atoms. The van der Waals surface area contributed by atoms with Crippen LogP contribution in [-0.2, 0) is 9.53 Å². The van der Waals surface area contributed by atoms with E-state index in [4.69, 9.17) is 4.74 Å². The van der Waals surface area contributed by atoms with Crippen LogP contribution >= 0.6 is 0 Å². The molecule has 2 rings (SSSR count). The zero-order valence-electron chi connectivity index (χ0n) is 10.8. The zero-order valence-corrected chi connectivity index (χ0v) is 10.8. The van der Waals surface area contributed by atoms with Crippen molar-refractivity contribution in [3.05, 3.63) is 0 Å². The van der Waals surface area contributed by atoms with E-state index in [9.17, 15) is 4.79 Å². The summed E-state index contributed by atoms with van der Waals surface area (Å²) >= 11 is 0. The lowest BCUT2D eigenvalue weighted by molar-refractivity contribution is -0.129. The quantitative estimate of drug-likeness (QED) is 0.651. The molecule has 4 heteroatoms. The zero-order chi connectivity index (χ0) is 12.1. The largest absolute Gasteiger partial charge is 0.381 e. The minimum absolute atomic E-state index is 0.0624. The summed E-state index contributed by atoms with van der Waals surface area (Å²) in [5.74, 6) is 1.10. The molecule has 1 unspecified atom stereocenters. The Labute approximate surface area is 104 Å². The van der Waals surface area contributed by atoms with Crippen molar-refractivity contribution in [1.29, 1.82) is 0 Å². The first-order valence-electron chi connectivity index (χ1n) is 6.91. The molecule has 0 radical (unpaired) electrons. The molecule has 0 bridgehead atoms. The highest BCUT2D eigenvalue weighted by Gasteiger charge is 2.29. The summed E-state index contributed by atoms with van der Waals surface area (Å²) in [6.45, 7) is 5.37. The van der Waals surface area contributed by atoms with E-state index in [2.05, 4.69) is 12.2 Å². The number of nitrogens with zero attached hydrogens (tertiary/aromatic N) is 1. The Kier molecular flexibility index (Phi) is 4.80. The van der Waals surface area contributed by atoms with Crippen LogP contribution in [0.5, 0.6) is 0 Å². The number of hydrogen-bond donors (Lipinski definition) is 1. The fourth-order valence-corrected chi connectivity index (χ4v) is 2.20. The summed E-state index contributed by atoms with van der Waals surface area (Å²) in [6, 6.07) is 0.0624. The number of hydrogen-bond acceptors (Lipinski definition) is 3. The van der Waals surface area contributed by atoms with Gasteiger partial charge in [0.2, 0.25) is 5.91 Å². The van der Waals surface area contributed by atoms with E-state index in [0.29, 0.717) is 6.67 Å². The number of nitrogens with one attached hydrogen (secondary N) is 1. The van der Waals surface area contributed by atoms with E-state index in [-0.39, 0.29) is 11.9 Å². The van der Waals surface area contributed by atoms with Crippen molar-refractivity contribution in [3.63, 3.8) is 0 Å². The first-order chi connectivity index (χ1) is 8.31. The van der Waals surface area contributed by atoms with Crippen LogP contribution in [0, 0.1) is 5.92 Å². The lowest BCUT2D eigenvalue weighted by atomic mass is 10.2. The normalized spacial score (nSPS) is 24.6. The van der Waals surface area contributed by atoms with E-state index in [1.54, 1.807) is 0 Å². The van der Waals surface area contributed by atoms with Gasteiger partial charge in [-0.2, -0.15) is 0 Å². The summed E-state index contributed by atoms with van der Waals surface area (Å²) < 4.78 is 5.57. The Balaban J connectivity index is 1.54. The van der Waals surface area contributed by atoms with Crippen molar-refractivity contribution >= 4 is 5.91 Å². The molecule has 1 N–H and O–H groups in total. The first-order valence-corrected chi connectivity index (χ1v) is 6.91. The number of ether oxygens (including phenoxy) is 1. The Hall–Kier alpha value is -0.610. The topological polar surface area (TPSA) is 41.6 Å². The highest BCUT2D eigenvalue weighted by Crippen LogP contribution is 2.28. The van der Waals surface area contributed by atoms with Gasteiger partial charge in [-0.15, -0.1) is 0 Å². The van der Waals surface area contributed by atoms with E-state index < -0.39 is 0 Å². The molecule has 2 fully saturated rings. The third-order valence-electron chi connectivity index (χ3n) is 3.48. The predicted octanol–water partition coefficient (Wildman–Crippen LogP) is 1.36. The number of amides is 1. The summed E-state index contributed by atoms with van der Waals surface area (Å²) in [5.41, 5.74) is 0. The molecule has 98 valence electrons. The van der Waals surface area contributed by atoms with Gasteiger partial charge < -0.3 is 9.64 Å². The highest BCUT2D eigenvalue weighted by atomic mass is 16.5. The van der Waals surface area contributed by atoms with Gasteiger partial charge in [0.25, 0.3) is 0 Å². The van der Waals surface area contributed by atoms with Gasteiger partial charge >= 0.3 is 0 Å². The van der Waals surface area contributed by atoms with Crippen LogP contribution in [0.2, 0.25) is 0 Å². The molecule has 0 aromatic heterocycles. The second-order valence-corrected chi connectivity index (χ2v) is 5.18. The minimum Gasteiger partial charge on any atom is -0.381 e. The Morgan fingerprint density at radius 3 is 3.00 bits per heavy atom. The number of carbonyl (C=O) groups is 1. The fraction of sp³-hybridized carbons (Fsp3) is 0.923. The molecular weight excluding hydrogens is 216 g/mol. The third-order valence-corrected chi connectivity index (χ3v) is 3.48. The van der Waals surface area contributed by atoms with Crippen LogP contribution in [0.15, 0.2) is 0 Å². The van der Waals surface area contributed by atoms with Gasteiger partial charge in [0, 0.05) is 19.8 Å². The lowest BCUT2D eigenvalue weighted by Gasteiger charge is -2.15. The summed E-state index contributed by atoms with van der Waals surface area (Å²) in [6.07, 6.45) is 5.65. The van der Waals surface area contributed by atoms with E-state index in [1.165, 1.54) is 12.8 Å². The van der Waals surface area contributed by atoms with E-state index in [1.807, 2.05) is 4.90 Å². The SMILES string of the molecule is CCCC1NCN(CCCOCC2CC2)C1=O. The number of carbonyl (C=O) groups excluding carboxylic acids is 1. The summed E-state index contributed by atoms with van der Waals surface area (Å²) in [5, 5.41) is 3.26. The molecule has 1 aliphatic heterocycles. The molecule has 1 saturated carbocycles. The van der Waals surface area contributed by atoms with Gasteiger partial charge in [0.1, 0.15) is 0 Å². The van der Waals surface area contributed by atoms with E-state index >= 15 is 0 Å². The van der Waals surface area contributed by atoms with Crippen LogP contribution in [0.4, 0.5) is 0 Å². The molecule has 1 saturated heterocycles. The smallest absolute Gasteiger partial charge is 0.240 e. The maximum Gasteiger partial charge on any atom is 0.240 e. The van der Waals surface area contributed by atoms with Gasteiger partial charge in [-0.25, -0.2) is 0 Å². The second kappa shape index (κ2) is 6.36. The molecule has 1 amide bonds. The Morgan fingerprint density at radius 1 is 1.47 bits per heavy atom. The fourth-order valence-electron chi connectivity index (χ4n) is 2.20. The van der Waals surface area contributed by atoms with Gasteiger partial charge in [0.15, 0.2) is 0 Å². The van der Waals surface area contributed by atoms with E-state index in [0.717, 1.165) is 44.9 Å². The minimum atomic E-state index is 0.0624. The predicted molar refractivity (Wildman–Crippen MR) is 66.6 cm³/mol. The van der Waals surface area contributed by atoms with Crippen LogP contribution in [0.1, 0.15) is 39.0 Å². The molecule has 1 heterocycles. The van der Waals surface area contributed by atoms with Crippen molar-refractivity contribution in [2.24, 2.45) is 5.92 Å². The van der Waals surface area contributed by atoms with Gasteiger partial charge in [-0.3, -0.25) is 10.1 Å². The molecule has 0 spiro atoms. The monoisotopic (exact) mass is 240 g/mol. The third kappa shape index (κ3) is 3.96. The average molecular weight is 240 g/mol. The molecule has 0 aromatic rings. The van der Waals surface area contributed by atoms with Gasteiger partial charge in [-0.05, 0) is 31.6 Å². The molecule has 1 atom stereocenters. The van der Waals surface area contributed by atoms with Crippen molar-refractivity contribution in [3.8, 4) is 0 Å². The number of rotatable bonds is 8. The summed E-state index contributed by atoms with van der Waals surface area (Å²) in [7, 11) is 0. The molecule has 1 aliphatic carbocycles. The van der Waals surface area contributed by atoms with Crippen molar-refractivity contribution < 1.29 is 9.53 Å². The van der Waals surface area contributed by atoms with Crippen LogP contribution in [0.25, 0.3) is 0 Å². The van der Waals surface area contributed by atoms with Crippen LogP contribution in [-0.4, -0.2) is 43.3 Å².